The van der Waals surface area contributed by atoms with Crippen LogP contribution in [0.4, 0.5) is 5.95 Å². The predicted molar refractivity (Wildman–Crippen MR) is 112 cm³/mol. The van der Waals surface area contributed by atoms with E-state index in [0.717, 1.165) is 40.8 Å². The van der Waals surface area contributed by atoms with Gasteiger partial charge in [-0.1, -0.05) is 25.5 Å². The summed E-state index contributed by atoms with van der Waals surface area (Å²) >= 11 is 0. The minimum Gasteiger partial charge on any atom is -0.368 e. The lowest BCUT2D eigenvalue weighted by molar-refractivity contribution is 0.0230. The summed E-state index contributed by atoms with van der Waals surface area (Å²) in [6.07, 6.45) is 1.75. The number of pyridine rings is 1. The number of hydrogen-bond acceptors (Lipinski definition) is 6. The van der Waals surface area contributed by atoms with Gasteiger partial charge in [-0.05, 0) is 37.6 Å². The third-order valence-corrected chi connectivity index (χ3v) is 4.56. The van der Waals surface area contributed by atoms with E-state index in [1.54, 1.807) is 10.0 Å². The highest BCUT2D eigenvalue weighted by molar-refractivity contribution is 5.94. The van der Waals surface area contributed by atoms with Gasteiger partial charge in [-0.25, -0.2) is 20.0 Å². The molecule has 0 saturated carbocycles. The maximum atomic E-state index is 12.6. The first-order chi connectivity index (χ1) is 13.4. The number of benzene rings is 1. The number of aromatic nitrogens is 3. The Morgan fingerprint density at radius 2 is 1.71 bits per heavy atom. The molecule has 2 N–H and O–H groups in total. The van der Waals surface area contributed by atoms with Gasteiger partial charge >= 0.3 is 0 Å². The van der Waals surface area contributed by atoms with Crippen molar-refractivity contribution in [2.24, 2.45) is 0 Å². The summed E-state index contributed by atoms with van der Waals surface area (Å²) in [6, 6.07) is 11.3. The molecule has 3 rings (SSSR count). The van der Waals surface area contributed by atoms with Crippen molar-refractivity contribution >= 4 is 22.9 Å². The average molecular weight is 378 g/mol. The SMILES string of the molecule is CCCc1nc(N)nc2ccc(-c3ccc(C(=O)N(CC)N(C)C)cc3)nc12. The van der Waals surface area contributed by atoms with Crippen molar-refractivity contribution < 1.29 is 4.79 Å². The smallest absolute Gasteiger partial charge is 0.268 e. The molecule has 7 heteroatoms. The van der Waals surface area contributed by atoms with Crippen LogP contribution in [0, 0.1) is 0 Å². The van der Waals surface area contributed by atoms with Crippen molar-refractivity contribution in [1.29, 1.82) is 0 Å². The number of nitrogens with zero attached hydrogens (tertiary/aromatic N) is 5. The minimum atomic E-state index is -0.0281. The largest absolute Gasteiger partial charge is 0.368 e. The molecule has 0 aliphatic rings. The van der Waals surface area contributed by atoms with Crippen LogP contribution in [0.1, 0.15) is 36.3 Å². The molecule has 1 amide bonds. The lowest BCUT2D eigenvalue weighted by atomic mass is 10.1. The number of carbonyl (C=O) groups is 1. The molecule has 2 heterocycles. The fraction of sp³-hybridized carbons (Fsp3) is 0.333. The van der Waals surface area contributed by atoms with Crippen LogP contribution in [-0.4, -0.2) is 51.5 Å². The van der Waals surface area contributed by atoms with Gasteiger partial charge in [0.15, 0.2) is 0 Å². The van der Waals surface area contributed by atoms with Gasteiger partial charge in [0.05, 0.1) is 16.9 Å². The fourth-order valence-corrected chi connectivity index (χ4v) is 3.21. The molecule has 3 aromatic rings. The fourth-order valence-electron chi connectivity index (χ4n) is 3.21. The number of rotatable bonds is 6. The summed E-state index contributed by atoms with van der Waals surface area (Å²) in [4.78, 5) is 26.0. The van der Waals surface area contributed by atoms with Gasteiger partial charge in [0.1, 0.15) is 5.52 Å². The molecule has 0 radical (unpaired) electrons. The molecule has 28 heavy (non-hydrogen) atoms. The summed E-state index contributed by atoms with van der Waals surface area (Å²) in [5, 5.41) is 3.48. The van der Waals surface area contributed by atoms with Crippen molar-refractivity contribution in [2.75, 3.05) is 26.4 Å². The molecule has 0 saturated heterocycles. The van der Waals surface area contributed by atoms with E-state index in [-0.39, 0.29) is 11.9 Å². The molecular formula is C21H26N6O. The molecule has 0 atom stereocenters. The highest BCUT2D eigenvalue weighted by atomic mass is 16.2. The lowest BCUT2D eigenvalue weighted by Crippen LogP contribution is -2.41. The van der Waals surface area contributed by atoms with E-state index in [1.807, 2.05) is 57.4 Å². The quantitative estimate of drug-likeness (QED) is 0.663. The summed E-state index contributed by atoms with van der Waals surface area (Å²) < 4.78 is 0. The van der Waals surface area contributed by atoms with E-state index >= 15 is 0 Å². The van der Waals surface area contributed by atoms with E-state index in [1.165, 1.54) is 0 Å². The zero-order valence-corrected chi connectivity index (χ0v) is 16.8. The third kappa shape index (κ3) is 3.94. The Kier molecular flexibility index (Phi) is 5.84. The van der Waals surface area contributed by atoms with Gasteiger partial charge in [-0.3, -0.25) is 9.80 Å². The van der Waals surface area contributed by atoms with Crippen LogP contribution >= 0.6 is 0 Å². The molecular weight excluding hydrogens is 352 g/mol. The number of carbonyl (C=O) groups excluding carboxylic acids is 1. The summed E-state index contributed by atoms with van der Waals surface area (Å²) in [5.74, 6) is 0.245. The molecule has 0 spiro atoms. The molecule has 7 nitrogen and oxygen atoms in total. The normalized spacial score (nSPS) is 11.2. The number of fused-ring (bicyclic) bond motifs is 1. The van der Waals surface area contributed by atoms with Gasteiger partial charge in [0.2, 0.25) is 5.95 Å². The molecule has 0 unspecified atom stereocenters. The number of aryl methyl sites for hydroxylation is 1. The number of nitrogens with two attached hydrogens (primary N) is 1. The standard InChI is InChI=1S/C21H26N6O/c1-5-7-17-19-18(25-21(22)24-17)13-12-16(23-19)14-8-10-15(11-9-14)20(28)27(6-2)26(3)4/h8-13H,5-7H2,1-4H3,(H2,22,24,25). The zero-order chi connectivity index (χ0) is 20.3. The van der Waals surface area contributed by atoms with E-state index in [9.17, 15) is 4.79 Å². The van der Waals surface area contributed by atoms with Crippen LogP contribution in [-0.2, 0) is 6.42 Å². The van der Waals surface area contributed by atoms with Gasteiger partial charge in [-0.15, -0.1) is 0 Å². The number of amides is 1. The van der Waals surface area contributed by atoms with Gasteiger partial charge in [0, 0.05) is 31.8 Å². The van der Waals surface area contributed by atoms with Crippen LogP contribution in [0.25, 0.3) is 22.3 Å². The average Bonchev–Trinajstić information content (AvgIpc) is 2.68. The first-order valence-electron chi connectivity index (χ1n) is 9.47. The maximum Gasteiger partial charge on any atom is 0.268 e. The summed E-state index contributed by atoms with van der Waals surface area (Å²) in [7, 11) is 3.72. The first kappa shape index (κ1) is 19.7. The molecule has 0 bridgehead atoms. The van der Waals surface area contributed by atoms with Crippen molar-refractivity contribution in [1.82, 2.24) is 25.0 Å². The Labute approximate surface area is 165 Å². The molecule has 2 aromatic heterocycles. The van der Waals surface area contributed by atoms with Gasteiger partial charge in [-0.2, -0.15) is 0 Å². The van der Waals surface area contributed by atoms with E-state index in [2.05, 4.69) is 16.9 Å². The lowest BCUT2D eigenvalue weighted by Gasteiger charge is -2.27. The second-order valence-corrected chi connectivity index (χ2v) is 6.79. The highest BCUT2D eigenvalue weighted by Crippen LogP contribution is 2.23. The number of anilines is 1. The van der Waals surface area contributed by atoms with Gasteiger partial charge < -0.3 is 5.73 Å². The first-order valence-corrected chi connectivity index (χ1v) is 9.47. The second kappa shape index (κ2) is 8.31. The second-order valence-electron chi connectivity index (χ2n) is 6.79. The topological polar surface area (TPSA) is 88.2 Å². The Morgan fingerprint density at radius 3 is 2.32 bits per heavy atom. The van der Waals surface area contributed by atoms with Crippen LogP contribution in [0.15, 0.2) is 36.4 Å². The van der Waals surface area contributed by atoms with Crippen LogP contribution in [0.5, 0.6) is 0 Å². The molecule has 0 aliphatic carbocycles. The minimum absolute atomic E-state index is 0.0281. The molecule has 1 aromatic carbocycles. The van der Waals surface area contributed by atoms with Crippen molar-refractivity contribution in [3.8, 4) is 11.3 Å². The van der Waals surface area contributed by atoms with Crippen molar-refractivity contribution in [3.63, 3.8) is 0 Å². The summed E-state index contributed by atoms with van der Waals surface area (Å²) in [6.45, 7) is 4.66. The van der Waals surface area contributed by atoms with E-state index in [0.29, 0.717) is 12.1 Å². The van der Waals surface area contributed by atoms with Crippen molar-refractivity contribution in [2.45, 2.75) is 26.7 Å². The van der Waals surface area contributed by atoms with Gasteiger partial charge in [0.25, 0.3) is 5.91 Å². The molecule has 0 fully saturated rings. The monoisotopic (exact) mass is 378 g/mol. The third-order valence-electron chi connectivity index (χ3n) is 4.56. The molecule has 0 aliphatic heterocycles. The van der Waals surface area contributed by atoms with Crippen molar-refractivity contribution in [3.05, 3.63) is 47.7 Å². The van der Waals surface area contributed by atoms with Crippen LogP contribution in [0.2, 0.25) is 0 Å². The Hall–Kier alpha value is -3.06. The van der Waals surface area contributed by atoms with Crippen LogP contribution < -0.4 is 5.73 Å². The number of hydrazine groups is 1. The van der Waals surface area contributed by atoms with Crippen LogP contribution in [0.3, 0.4) is 0 Å². The highest BCUT2D eigenvalue weighted by Gasteiger charge is 2.16. The Bertz CT molecular complexity index is 984. The van der Waals surface area contributed by atoms with E-state index < -0.39 is 0 Å². The number of nitrogen functional groups attached to an aromatic ring is 1. The zero-order valence-electron chi connectivity index (χ0n) is 16.8. The maximum absolute atomic E-state index is 12.6. The van der Waals surface area contributed by atoms with E-state index in [4.69, 9.17) is 10.7 Å². The predicted octanol–water partition coefficient (Wildman–Crippen LogP) is 3.17. The number of hydrogen-bond donors (Lipinski definition) is 1. The Morgan fingerprint density at radius 1 is 1.00 bits per heavy atom. The molecule has 146 valence electrons. The summed E-state index contributed by atoms with van der Waals surface area (Å²) in [5.41, 5.74) is 10.6. The Balaban J connectivity index is 1.95.